The van der Waals surface area contributed by atoms with Crippen LogP contribution in [0.3, 0.4) is 0 Å². The van der Waals surface area contributed by atoms with E-state index >= 15 is 0 Å². The van der Waals surface area contributed by atoms with Gasteiger partial charge in [-0.2, -0.15) is 0 Å². The molecule has 0 aliphatic carbocycles. The maximum Gasteiger partial charge on any atom is 0.358 e. The van der Waals surface area contributed by atoms with Crippen LogP contribution >= 0.6 is 22.9 Å². The Morgan fingerprint density at radius 3 is 2.59 bits per heavy atom. The largest absolute Gasteiger partial charge is 0.495 e. The van der Waals surface area contributed by atoms with Crippen molar-refractivity contribution in [3.8, 4) is 5.75 Å². The quantitative estimate of drug-likeness (QED) is 0.706. The van der Waals surface area contributed by atoms with Crippen LogP contribution in [0.1, 0.15) is 29.9 Å². The van der Waals surface area contributed by atoms with Crippen molar-refractivity contribution >= 4 is 51.5 Å². The highest BCUT2D eigenvalue weighted by molar-refractivity contribution is 7.14. The van der Waals surface area contributed by atoms with Crippen molar-refractivity contribution in [1.29, 1.82) is 0 Å². The van der Waals surface area contributed by atoms with Gasteiger partial charge in [-0.25, -0.2) is 9.78 Å². The van der Waals surface area contributed by atoms with Crippen LogP contribution in [0.25, 0.3) is 0 Å². The van der Waals surface area contributed by atoms with Crippen LogP contribution in [-0.2, 0) is 14.3 Å². The van der Waals surface area contributed by atoms with Crippen LogP contribution in [0, 0.1) is 6.92 Å². The number of aromatic nitrogens is 1. The molecule has 0 saturated heterocycles. The standard InChI is InChI=1S/C17H18ClN3O5S/c1-8-5-12(14(25-4)6-11(8)18)20-15(23)9(2)26-16(24)13-7-27-17(21-13)19-10(3)22/h5-7,9H,1-4H3,(H,20,23)(H,19,21,22). The summed E-state index contributed by atoms with van der Waals surface area (Å²) < 4.78 is 10.3. The second kappa shape index (κ2) is 8.83. The van der Waals surface area contributed by atoms with E-state index in [1.165, 1.54) is 26.3 Å². The molecule has 0 bridgehead atoms. The maximum absolute atomic E-state index is 12.3. The number of aryl methyl sites for hydroxylation is 1. The van der Waals surface area contributed by atoms with Crippen LogP contribution in [0.2, 0.25) is 5.02 Å². The summed E-state index contributed by atoms with van der Waals surface area (Å²) >= 11 is 7.12. The highest BCUT2D eigenvalue weighted by Crippen LogP contribution is 2.31. The van der Waals surface area contributed by atoms with Crippen molar-refractivity contribution < 1.29 is 23.9 Å². The van der Waals surface area contributed by atoms with Gasteiger partial charge in [0, 0.05) is 23.4 Å². The summed E-state index contributed by atoms with van der Waals surface area (Å²) in [7, 11) is 1.45. The Morgan fingerprint density at radius 1 is 1.26 bits per heavy atom. The normalized spacial score (nSPS) is 11.4. The van der Waals surface area contributed by atoms with E-state index in [9.17, 15) is 14.4 Å². The lowest BCUT2D eigenvalue weighted by atomic mass is 10.2. The topological polar surface area (TPSA) is 107 Å². The zero-order valence-corrected chi connectivity index (χ0v) is 16.7. The summed E-state index contributed by atoms with van der Waals surface area (Å²) in [5.74, 6) is -1.23. The van der Waals surface area contributed by atoms with Gasteiger partial charge in [-0.1, -0.05) is 11.6 Å². The van der Waals surface area contributed by atoms with Crippen molar-refractivity contribution in [2.45, 2.75) is 26.9 Å². The van der Waals surface area contributed by atoms with Gasteiger partial charge in [0.2, 0.25) is 5.91 Å². The summed E-state index contributed by atoms with van der Waals surface area (Å²) in [5.41, 5.74) is 1.17. The Labute approximate surface area is 164 Å². The Hall–Kier alpha value is -2.65. The molecule has 1 aromatic heterocycles. The highest BCUT2D eigenvalue weighted by atomic mass is 35.5. The SMILES string of the molecule is COc1cc(Cl)c(C)cc1NC(=O)C(C)OC(=O)c1csc(NC(C)=O)n1. The second-order valence-corrected chi connectivity index (χ2v) is 6.82. The number of ether oxygens (including phenoxy) is 2. The van der Waals surface area contributed by atoms with Crippen LogP contribution in [-0.4, -0.2) is 36.0 Å². The number of hydrogen-bond donors (Lipinski definition) is 2. The van der Waals surface area contributed by atoms with E-state index in [0.29, 0.717) is 16.5 Å². The first-order chi connectivity index (χ1) is 12.7. The number of nitrogens with zero attached hydrogens (tertiary/aromatic N) is 1. The molecule has 1 heterocycles. The molecule has 1 atom stereocenters. The molecule has 0 radical (unpaired) electrons. The molecule has 8 nitrogen and oxygen atoms in total. The van der Waals surface area contributed by atoms with Gasteiger partial charge in [0.25, 0.3) is 5.91 Å². The van der Waals surface area contributed by atoms with Gasteiger partial charge >= 0.3 is 5.97 Å². The first-order valence-electron chi connectivity index (χ1n) is 7.80. The summed E-state index contributed by atoms with van der Waals surface area (Å²) in [6.07, 6.45) is -1.08. The minimum Gasteiger partial charge on any atom is -0.495 e. The molecule has 2 aromatic rings. The molecule has 0 aliphatic rings. The number of carbonyl (C=O) groups excluding carboxylic acids is 3. The number of hydrogen-bond acceptors (Lipinski definition) is 7. The van der Waals surface area contributed by atoms with Crippen molar-refractivity contribution in [1.82, 2.24) is 4.98 Å². The third kappa shape index (κ3) is 5.41. The lowest BCUT2D eigenvalue weighted by Gasteiger charge is -2.15. The van der Waals surface area contributed by atoms with E-state index in [2.05, 4.69) is 15.6 Å². The molecule has 0 saturated carbocycles. The summed E-state index contributed by atoms with van der Waals surface area (Å²) in [6, 6.07) is 3.25. The first-order valence-corrected chi connectivity index (χ1v) is 9.06. The predicted octanol–water partition coefficient (Wildman–Crippen LogP) is 3.26. The molecular weight excluding hydrogens is 394 g/mol. The Morgan fingerprint density at radius 2 is 1.96 bits per heavy atom. The van der Waals surface area contributed by atoms with Crippen LogP contribution in [0.4, 0.5) is 10.8 Å². The smallest absolute Gasteiger partial charge is 0.358 e. The summed E-state index contributed by atoms with van der Waals surface area (Å²) in [4.78, 5) is 39.4. The number of rotatable bonds is 6. The van der Waals surface area contributed by atoms with E-state index in [-0.39, 0.29) is 16.7 Å². The van der Waals surface area contributed by atoms with Gasteiger partial charge in [0.05, 0.1) is 12.8 Å². The van der Waals surface area contributed by atoms with E-state index in [4.69, 9.17) is 21.1 Å². The second-order valence-electron chi connectivity index (χ2n) is 5.56. The molecule has 27 heavy (non-hydrogen) atoms. The van der Waals surface area contributed by atoms with Crippen molar-refractivity contribution in [3.05, 3.63) is 33.8 Å². The third-order valence-electron chi connectivity index (χ3n) is 3.39. The number of esters is 1. The zero-order chi connectivity index (χ0) is 20.1. The number of amides is 2. The van der Waals surface area contributed by atoms with Crippen molar-refractivity contribution in [2.75, 3.05) is 17.7 Å². The molecule has 0 spiro atoms. The average Bonchev–Trinajstić information content (AvgIpc) is 3.05. The van der Waals surface area contributed by atoms with Gasteiger partial charge in [-0.3, -0.25) is 9.59 Å². The molecule has 0 aliphatic heterocycles. The monoisotopic (exact) mass is 411 g/mol. The number of methoxy groups -OCH3 is 1. The molecule has 1 aromatic carbocycles. The van der Waals surface area contributed by atoms with Gasteiger partial charge in [0.1, 0.15) is 5.75 Å². The Kier molecular flexibility index (Phi) is 6.75. The number of thiazole rings is 1. The maximum atomic E-state index is 12.3. The van der Waals surface area contributed by atoms with Crippen LogP contribution in [0.15, 0.2) is 17.5 Å². The zero-order valence-electron chi connectivity index (χ0n) is 15.1. The van der Waals surface area contributed by atoms with Crippen LogP contribution in [0.5, 0.6) is 5.75 Å². The van der Waals surface area contributed by atoms with Gasteiger partial charge in [-0.15, -0.1) is 11.3 Å². The molecule has 0 fully saturated rings. The number of nitrogens with one attached hydrogen (secondary N) is 2. The molecule has 2 N–H and O–H groups in total. The average molecular weight is 412 g/mol. The number of anilines is 2. The number of benzene rings is 1. The minimum absolute atomic E-state index is 0.00307. The molecule has 10 heteroatoms. The molecule has 144 valence electrons. The molecule has 2 rings (SSSR count). The van der Waals surface area contributed by atoms with E-state index in [0.717, 1.165) is 16.9 Å². The molecule has 1 unspecified atom stereocenters. The Bertz CT molecular complexity index is 883. The summed E-state index contributed by atoms with van der Waals surface area (Å²) in [6.45, 7) is 4.55. The number of halogens is 1. The van der Waals surface area contributed by atoms with Gasteiger partial charge in [-0.05, 0) is 25.5 Å². The fraction of sp³-hybridized carbons (Fsp3) is 0.294. The van der Waals surface area contributed by atoms with Crippen molar-refractivity contribution in [3.63, 3.8) is 0 Å². The van der Waals surface area contributed by atoms with Gasteiger partial charge in [0.15, 0.2) is 16.9 Å². The molecular formula is C17H18ClN3O5S. The molecule has 2 amide bonds. The predicted molar refractivity (Wildman–Crippen MR) is 103 cm³/mol. The lowest BCUT2D eigenvalue weighted by molar-refractivity contribution is -0.123. The minimum atomic E-state index is -1.08. The third-order valence-corrected chi connectivity index (χ3v) is 4.55. The number of carbonyl (C=O) groups is 3. The van der Waals surface area contributed by atoms with Gasteiger partial charge < -0.3 is 20.1 Å². The first kappa shape index (κ1) is 20.7. The van der Waals surface area contributed by atoms with E-state index < -0.39 is 18.0 Å². The van der Waals surface area contributed by atoms with Crippen molar-refractivity contribution in [2.24, 2.45) is 0 Å². The fourth-order valence-corrected chi connectivity index (χ4v) is 2.89. The Balaban J connectivity index is 2.03. The van der Waals surface area contributed by atoms with Crippen LogP contribution < -0.4 is 15.4 Å². The highest BCUT2D eigenvalue weighted by Gasteiger charge is 2.22. The fourth-order valence-electron chi connectivity index (χ4n) is 2.01. The lowest BCUT2D eigenvalue weighted by Crippen LogP contribution is -2.30. The van der Waals surface area contributed by atoms with E-state index in [1.807, 2.05) is 0 Å². The van der Waals surface area contributed by atoms with E-state index in [1.54, 1.807) is 19.1 Å². The summed E-state index contributed by atoms with van der Waals surface area (Å²) in [5, 5.41) is 7.32.